The smallest absolute Gasteiger partial charge is 0.0848 e. The fraction of sp³-hybridized carbons (Fsp3) is 0.357. The number of aliphatic hydroxyl groups is 1. The molecular weight excluding hydrogens is 283 g/mol. The molecule has 1 aromatic heterocycles. The highest BCUT2D eigenvalue weighted by Gasteiger charge is 2.18. The van der Waals surface area contributed by atoms with Crippen LogP contribution in [0, 0.1) is 13.8 Å². The van der Waals surface area contributed by atoms with Crippen molar-refractivity contribution in [1.29, 1.82) is 0 Å². The Labute approximate surface area is 122 Å². The van der Waals surface area contributed by atoms with Gasteiger partial charge in [0.15, 0.2) is 0 Å². The van der Waals surface area contributed by atoms with Gasteiger partial charge in [-0.25, -0.2) is 0 Å². The lowest BCUT2D eigenvalue weighted by Gasteiger charge is -2.14. The fourth-order valence-corrected chi connectivity index (χ4v) is 2.67. The second kappa shape index (κ2) is 5.53. The highest BCUT2D eigenvalue weighted by Crippen LogP contribution is 2.28. The van der Waals surface area contributed by atoms with Crippen LogP contribution in [0.5, 0.6) is 0 Å². The molecule has 2 aromatic rings. The van der Waals surface area contributed by atoms with Crippen molar-refractivity contribution in [2.24, 2.45) is 7.05 Å². The van der Waals surface area contributed by atoms with Crippen LogP contribution in [0.25, 0.3) is 0 Å². The van der Waals surface area contributed by atoms with E-state index in [1.807, 2.05) is 33.0 Å². The van der Waals surface area contributed by atoms with Gasteiger partial charge in [-0.05, 0) is 37.1 Å². The maximum absolute atomic E-state index is 10.4. The minimum Gasteiger partial charge on any atom is -0.388 e. The van der Waals surface area contributed by atoms with Crippen LogP contribution >= 0.6 is 23.2 Å². The standard InChI is InChI=1S/C14H16Cl2N2O/c1-8-6-10(15)4-5-11(8)13(19)7-12-14(16)9(2)17-18(12)3/h4-6,13,19H,7H2,1-3H3. The normalized spacial score (nSPS) is 12.7. The van der Waals surface area contributed by atoms with Gasteiger partial charge in [-0.3, -0.25) is 4.68 Å². The molecule has 0 spiro atoms. The summed E-state index contributed by atoms with van der Waals surface area (Å²) in [6.45, 7) is 3.78. The Morgan fingerprint density at radius 2 is 2.00 bits per heavy atom. The van der Waals surface area contributed by atoms with Crippen molar-refractivity contribution in [3.63, 3.8) is 0 Å². The van der Waals surface area contributed by atoms with Gasteiger partial charge in [0.2, 0.25) is 0 Å². The topological polar surface area (TPSA) is 38.1 Å². The molecule has 19 heavy (non-hydrogen) atoms. The van der Waals surface area contributed by atoms with E-state index in [1.54, 1.807) is 10.7 Å². The van der Waals surface area contributed by atoms with Crippen molar-refractivity contribution in [1.82, 2.24) is 9.78 Å². The second-order valence-corrected chi connectivity index (χ2v) is 5.50. The van der Waals surface area contributed by atoms with Crippen molar-refractivity contribution >= 4 is 23.2 Å². The lowest BCUT2D eigenvalue weighted by Crippen LogP contribution is -2.08. The van der Waals surface area contributed by atoms with Gasteiger partial charge in [0.05, 0.1) is 22.5 Å². The molecule has 1 aromatic carbocycles. The molecule has 0 fully saturated rings. The van der Waals surface area contributed by atoms with Gasteiger partial charge in [0.1, 0.15) is 0 Å². The SMILES string of the molecule is Cc1cc(Cl)ccc1C(O)Cc1c(Cl)c(C)nn1C. The molecule has 102 valence electrons. The van der Waals surface area contributed by atoms with E-state index in [1.165, 1.54) is 0 Å². The van der Waals surface area contributed by atoms with Gasteiger partial charge in [-0.15, -0.1) is 0 Å². The van der Waals surface area contributed by atoms with Crippen LogP contribution in [0.2, 0.25) is 10.0 Å². The lowest BCUT2D eigenvalue weighted by molar-refractivity contribution is 0.175. The highest BCUT2D eigenvalue weighted by molar-refractivity contribution is 6.31. The summed E-state index contributed by atoms with van der Waals surface area (Å²) in [5, 5.41) is 15.9. The monoisotopic (exact) mass is 298 g/mol. The number of nitrogens with zero attached hydrogens (tertiary/aromatic N) is 2. The van der Waals surface area contributed by atoms with Gasteiger partial charge in [0.25, 0.3) is 0 Å². The average molecular weight is 299 g/mol. The molecule has 0 bridgehead atoms. The molecule has 1 N–H and O–H groups in total. The van der Waals surface area contributed by atoms with Gasteiger partial charge < -0.3 is 5.11 Å². The molecule has 0 amide bonds. The number of hydrogen-bond donors (Lipinski definition) is 1. The lowest BCUT2D eigenvalue weighted by atomic mass is 10.00. The van der Waals surface area contributed by atoms with E-state index in [-0.39, 0.29) is 0 Å². The number of aliphatic hydroxyl groups excluding tert-OH is 1. The first-order chi connectivity index (χ1) is 8.90. The third-order valence-electron chi connectivity index (χ3n) is 3.24. The van der Waals surface area contributed by atoms with E-state index in [0.29, 0.717) is 16.5 Å². The summed E-state index contributed by atoms with van der Waals surface area (Å²) in [6, 6.07) is 5.47. The maximum atomic E-state index is 10.4. The van der Waals surface area contributed by atoms with E-state index in [4.69, 9.17) is 23.2 Å². The van der Waals surface area contributed by atoms with Gasteiger partial charge in [-0.2, -0.15) is 5.10 Å². The van der Waals surface area contributed by atoms with Crippen molar-refractivity contribution in [2.75, 3.05) is 0 Å². The Hall–Kier alpha value is -1.03. The molecule has 0 aliphatic carbocycles. The molecule has 1 unspecified atom stereocenters. The summed E-state index contributed by atoms with van der Waals surface area (Å²) >= 11 is 12.1. The molecule has 0 saturated carbocycles. The number of aryl methyl sites for hydroxylation is 3. The quantitative estimate of drug-likeness (QED) is 0.940. The van der Waals surface area contributed by atoms with E-state index in [2.05, 4.69) is 5.10 Å². The molecule has 0 radical (unpaired) electrons. The summed E-state index contributed by atoms with van der Waals surface area (Å²) in [5.41, 5.74) is 3.44. The zero-order valence-corrected chi connectivity index (χ0v) is 12.6. The first-order valence-electron chi connectivity index (χ1n) is 6.02. The van der Waals surface area contributed by atoms with Crippen LogP contribution in [-0.2, 0) is 13.5 Å². The van der Waals surface area contributed by atoms with Crippen LogP contribution in [0.15, 0.2) is 18.2 Å². The summed E-state index contributed by atoms with van der Waals surface area (Å²) in [7, 11) is 1.83. The van der Waals surface area contributed by atoms with Crippen LogP contribution < -0.4 is 0 Å². The van der Waals surface area contributed by atoms with Gasteiger partial charge in [-0.1, -0.05) is 29.3 Å². The summed E-state index contributed by atoms with van der Waals surface area (Å²) in [4.78, 5) is 0. The van der Waals surface area contributed by atoms with E-state index in [0.717, 1.165) is 22.5 Å². The first kappa shape index (κ1) is 14.4. The first-order valence-corrected chi connectivity index (χ1v) is 6.78. The molecule has 1 heterocycles. The predicted octanol–water partition coefficient (Wildman–Crippen LogP) is 3.62. The molecular formula is C14H16Cl2N2O. The van der Waals surface area contributed by atoms with Crippen molar-refractivity contribution in [2.45, 2.75) is 26.4 Å². The number of rotatable bonds is 3. The van der Waals surface area contributed by atoms with Crippen molar-refractivity contribution in [3.05, 3.63) is 50.8 Å². The molecule has 1 atom stereocenters. The average Bonchev–Trinajstić information content (AvgIpc) is 2.56. The summed E-state index contributed by atoms with van der Waals surface area (Å²) in [6.07, 6.45) is -0.192. The predicted molar refractivity (Wildman–Crippen MR) is 77.8 cm³/mol. The third kappa shape index (κ3) is 2.94. The maximum Gasteiger partial charge on any atom is 0.0848 e. The number of halogens is 2. The van der Waals surface area contributed by atoms with Crippen LogP contribution in [0.1, 0.15) is 28.6 Å². The molecule has 0 aliphatic heterocycles. The minimum atomic E-state index is -0.621. The van der Waals surface area contributed by atoms with E-state index in [9.17, 15) is 5.11 Å². The zero-order valence-electron chi connectivity index (χ0n) is 11.1. The molecule has 0 saturated heterocycles. The van der Waals surface area contributed by atoms with Gasteiger partial charge >= 0.3 is 0 Å². The van der Waals surface area contributed by atoms with Crippen LogP contribution in [0.4, 0.5) is 0 Å². The van der Waals surface area contributed by atoms with Crippen molar-refractivity contribution < 1.29 is 5.11 Å². The van der Waals surface area contributed by atoms with Crippen LogP contribution in [0.3, 0.4) is 0 Å². The molecule has 5 heteroatoms. The van der Waals surface area contributed by atoms with Crippen molar-refractivity contribution in [3.8, 4) is 0 Å². The Balaban J connectivity index is 2.28. The largest absolute Gasteiger partial charge is 0.388 e. The third-order valence-corrected chi connectivity index (χ3v) is 3.97. The Morgan fingerprint density at radius 1 is 1.32 bits per heavy atom. The second-order valence-electron chi connectivity index (χ2n) is 4.69. The highest BCUT2D eigenvalue weighted by atomic mass is 35.5. The Kier molecular flexibility index (Phi) is 4.19. The van der Waals surface area contributed by atoms with E-state index >= 15 is 0 Å². The molecule has 2 rings (SSSR count). The summed E-state index contributed by atoms with van der Waals surface area (Å²) < 4.78 is 1.71. The van der Waals surface area contributed by atoms with Gasteiger partial charge in [0, 0.05) is 18.5 Å². The number of aromatic nitrogens is 2. The van der Waals surface area contributed by atoms with Crippen LogP contribution in [-0.4, -0.2) is 14.9 Å². The Morgan fingerprint density at radius 3 is 2.53 bits per heavy atom. The summed E-state index contributed by atoms with van der Waals surface area (Å²) in [5.74, 6) is 0. The number of benzene rings is 1. The minimum absolute atomic E-state index is 0.429. The number of hydrogen-bond acceptors (Lipinski definition) is 2. The zero-order chi connectivity index (χ0) is 14.2. The van der Waals surface area contributed by atoms with E-state index < -0.39 is 6.10 Å². The molecule has 3 nitrogen and oxygen atoms in total. The molecule has 0 aliphatic rings. The fourth-order valence-electron chi connectivity index (χ4n) is 2.21. The Bertz CT molecular complexity index is 608.